The number of benzene rings is 1. The van der Waals surface area contributed by atoms with Crippen molar-refractivity contribution in [1.29, 1.82) is 0 Å². The number of rotatable bonds is 4. The first-order valence-electron chi connectivity index (χ1n) is 5.14. The van der Waals surface area contributed by atoms with Crippen LogP contribution in [0.2, 0.25) is 0 Å². The smallest absolute Gasteiger partial charge is 0.124 e. The number of hydrazine groups is 1. The Morgan fingerprint density at radius 2 is 2.29 bits per heavy atom. The van der Waals surface area contributed by atoms with E-state index in [1.54, 1.807) is 13.3 Å². The van der Waals surface area contributed by atoms with Crippen LogP contribution in [0.1, 0.15) is 22.9 Å². The number of nitrogens with one attached hydrogen (secondary N) is 1. The summed E-state index contributed by atoms with van der Waals surface area (Å²) < 4.78 is 13.5. The minimum absolute atomic E-state index is 0.205. The van der Waals surface area contributed by atoms with Gasteiger partial charge in [0, 0.05) is 5.56 Å². The van der Waals surface area contributed by atoms with Gasteiger partial charge in [0.05, 0.1) is 36.8 Å². The fourth-order valence-electron chi connectivity index (χ4n) is 1.71. The van der Waals surface area contributed by atoms with E-state index in [9.17, 15) is 0 Å². The fourth-order valence-corrected chi connectivity index (χ4v) is 2.16. The SMILES string of the molecule is COc1ccc(C)cc1C(NN)c1cnsn1. The van der Waals surface area contributed by atoms with Crippen molar-refractivity contribution < 1.29 is 4.74 Å². The Balaban J connectivity index is 2.46. The largest absolute Gasteiger partial charge is 0.496 e. The topological polar surface area (TPSA) is 73.1 Å². The maximum atomic E-state index is 5.60. The van der Waals surface area contributed by atoms with Gasteiger partial charge in [0.2, 0.25) is 0 Å². The molecule has 0 radical (unpaired) electrons. The second kappa shape index (κ2) is 5.22. The Labute approximate surface area is 104 Å². The maximum absolute atomic E-state index is 5.60. The van der Waals surface area contributed by atoms with Gasteiger partial charge in [0.15, 0.2) is 0 Å². The summed E-state index contributed by atoms with van der Waals surface area (Å²) in [4.78, 5) is 0. The summed E-state index contributed by atoms with van der Waals surface area (Å²) in [7, 11) is 1.64. The van der Waals surface area contributed by atoms with E-state index in [1.807, 2.05) is 25.1 Å². The van der Waals surface area contributed by atoms with Crippen molar-refractivity contribution in [2.45, 2.75) is 13.0 Å². The first-order valence-corrected chi connectivity index (χ1v) is 5.87. The second-order valence-corrected chi connectivity index (χ2v) is 4.23. The van der Waals surface area contributed by atoms with Gasteiger partial charge in [-0.15, -0.1) is 0 Å². The second-order valence-electron chi connectivity index (χ2n) is 3.68. The van der Waals surface area contributed by atoms with Crippen molar-refractivity contribution in [1.82, 2.24) is 14.2 Å². The zero-order valence-electron chi connectivity index (χ0n) is 9.68. The lowest BCUT2D eigenvalue weighted by Gasteiger charge is -2.17. The molecule has 3 N–H and O–H groups in total. The minimum Gasteiger partial charge on any atom is -0.496 e. The maximum Gasteiger partial charge on any atom is 0.124 e. The van der Waals surface area contributed by atoms with Crippen LogP contribution in [0.25, 0.3) is 0 Å². The van der Waals surface area contributed by atoms with Crippen LogP contribution in [0.3, 0.4) is 0 Å². The summed E-state index contributed by atoms with van der Waals surface area (Å²) >= 11 is 1.16. The van der Waals surface area contributed by atoms with Crippen LogP contribution < -0.4 is 16.0 Å². The molecule has 1 aromatic carbocycles. The number of ether oxygens (including phenoxy) is 1. The molecule has 5 nitrogen and oxygen atoms in total. The van der Waals surface area contributed by atoms with Gasteiger partial charge in [0.1, 0.15) is 5.75 Å². The van der Waals surface area contributed by atoms with Crippen molar-refractivity contribution in [2.75, 3.05) is 7.11 Å². The first-order chi connectivity index (χ1) is 8.26. The van der Waals surface area contributed by atoms with E-state index in [2.05, 4.69) is 14.2 Å². The predicted molar refractivity (Wildman–Crippen MR) is 66.8 cm³/mol. The summed E-state index contributed by atoms with van der Waals surface area (Å²) in [6.07, 6.45) is 1.71. The van der Waals surface area contributed by atoms with Gasteiger partial charge in [-0.2, -0.15) is 8.75 Å². The number of hydrogen-bond acceptors (Lipinski definition) is 6. The molecule has 0 saturated carbocycles. The van der Waals surface area contributed by atoms with E-state index < -0.39 is 0 Å². The quantitative estimate of drug-likeness (QED) is 0.634. The summed E-state index contributed by atoms with van der Waals surface area (Å²) in [6, 6.07) is 5.75. The number of nitrogens with two attached hydrogens (primary N) is 1. The molecule has 0 aliphatic heterocycles. The zero-order chi connectivity index (χ0) is 12.3. The van der Waals surface area contributed by atoms with Crippen molar-refractivity contribution in [3.8, 4) is 5.75 Å². The summed E-state index contributed by atoms with van der Waals surface area (Å²) in [5.74, 6) is 6.38. The molecular formula is C11H14N4OS. The van der Waals surface area contributed by atoms with Gasteiger partial charge < -0.3 is 4.74 Å². The van der Waals surface area contributed by atoms with Crippen molar-refractivity contribution in [2.24, 2.45) is 5.84 Å². The number of aryl methyl sites for hydroxylation is 1. The zero-order valence-corrected chi connectivity index (χ0v) is 10.5. The average molecular weight is 250 g/mol. The molecule has 0 aliphatic rings. The molecule has 0 aliphatic carbocycles. The third kappa shape index (κ3) is 2.44. The molecule has 0 saturated heterocycles. The van der Waals surface area contributed by atoms with Gasteiger partial charge in [-0.05, 0) is 13.0 Å². The van der Waals surface area contributed by atoms with E-state index in [1.165, 1.54) is 0 Å². The Bertz CT molecular complexity index is 486. The van der Waals surface area contributed by atoms with Crippen LogP contribution in [0.15, 0.2) is 24.4 Å². The lowest BCUT2D eigenvalue weighted by Crippen LogP contribution is -2.29. The highest BCUT2D eigenvalue weighted by molar-refractivity contribution is 6.99. The lowest BCUT2D eigenvalue weighted by molar-refractivity contribution is 0.403. The lowest BCUT2D eigenvalue weighted by atomic mass is 10.0. The standard InChI is InChI=1S/C11H14N4OS/c1-7-3-4-10(16-2)8(5-7)11(14-12)9-6-13-17-15-9/h3-6,11,14H,12H2,1-2H3. The number of methoxy groups -OCH3 is 1. The molecule has 1 atom stereocenters. The predicted octanol–water partition coefficient (Wildman–Crippen LogP) is 1.41. The van der Waals surface area contributed by atoms with Gasteiger partial charge >= 0.3 is 0 Å². The highest BCUT2D eigenvalue weighted by Gasteiger charge is 2.19. The Kier molecular flexibility index (Phi) is 3.68. The van der Waals surface area contributed by atoms with Crippen LogP contribution in [-0.2, 0) is 0 Å². The average Bonchev–Trinajstić information content (AvgIpc) is 2.84. The molecule has 0 fully saturated rings. The highest BCUT2D eigenvalue weighted by Crippen LogP contribution is 2.29. The van der Waals surface area contributed by atoms with Crippen LogP contribution in [0.5, 0.6) is 5.75 Å². The number of nitrogens with zero attached hydrogens (tertiary/aromatic N) is 2. The Hall–Kier alpha value is -1.50. The van der Waals surface area contributed by atoms with Crippen LogP contribution in [0, 0.1) is 6.92 Å². The molecule has 2 rings (SSSR count). The van der Waals surface area contributed by atoms with Crippen LogP contribution in [0.4, 0.5) is 0 Å². The van der Waals surface area contributed by atoms with E-state index in [0.717, 1.165) is 34.3 Å². The van der Waals surface area contributed by atoms with Gasteiger partial charge in [-0.25, -0.2) is 5.43 Å². The van der Waals surface area contributed by atoms with Crippen molar-refractivity contribution in [3.05, 3.63) is 41.2 Å². The molecule has 1 aromatic heterocycles. The molecule has 90 valence electrons. The molecule has 17 heavy (non-hydrogen) atoms. The summed E-state index contributed by atoms with van der Waals surface area (Å²) in [6.45, 7) is 2.02. The van der Waals surface area contributed by atoms with Crippen molar-refractivity contribution in [3.63, 3.8) is 0 Å². The monoisotopic (exact) mass is 250 g/mol. The van der Waals surface area contributed by atoms with E-state index in [0.29, 0.717) is 0 Å². The van der Waals surface area contributed by atoms with E-state index in [-0.39, 0.29) is 6.04 Å². The highest BCUT2D eigenvalue weighted by atomic mass is 32.1. The third-order valence-electron chi connectivity index (χ3n) is 2.54. The van der Waals surface area contributed by atoms with E-state index in [4.69, 9.17) is 10.6 Å². The van der Waals surface area contributed by atoms with Gasteiger partial charge in [0.25, 0.3) is 0 Å². The fraction of sp³-hybridized carbons (Fsp3) is 0.273. The molecule has 0 bridgehead atoms. The van der Waals surface area contributed by atoms with Crippen molar-refractivity contribution >= 4 is 11.7 Å². The van der Waals surface area contributed by atoms with Gasteiger partial charge in [-0.1, -0.05) is 17.7 Å². The molecule has 1 unspecified atom stereocenters. The summed E-state index contributed by atoms with van der Waals surface area (Å²) in [5.41, 5.74) is 5.64. The minimum atomic E-state index is -0.205. The van der Waals surface area contributed by atoms with Gasteiger partial charge in [-0.3, -0.25) is 5.84 Å². The molecule has 2 aromatic rings. The molecule has 0 spiro atoms. The van der Waals surface area contributed by atoms with Crippen LogP contribution >= 0.6 is 11.7 Å². The molecule has 1 heterocycles. The molecule has 6 heteroatoms. The number of hydrogen-bond donors (Lipinski definition) is 2. The number of aromatic nitrogens is 2. The third-order valence-corrected chi connectivity index (χ3v) is 3.03. The molecule has 0 amide bonds. The Morgan fingerprint density at radius 3 is 2.88 bits per heavy atom. The first kappa shape index (κ1) is 12.0. The van der Waals surface area contributed by atoms with Crippen LogP contribution in [-0.4, -0.2) is 15.9 Å². The normalized spacial score (nSPS) is 12.4. The Morgan fingerprint density at radius 1 is 1.47 bits per heavy atom. The summed E-state index contributed by atoms with van der Waals surface area (Å²) in [5, 5.41) is 0. The van der Waals surface area contributed by atoms with E-state index >= 15 is 0 Å². The molecular weight excluding hydrogens is 236 g/mol.